The lowest BCUT2D eigenvalue weighted by Crippen LogP contribution is -2.12. The van der Waals surface area contributed by atoms with Crippen molar-refractivity contribution in [3.05, 3.63) is 175 Å². The number of carbonyl (C=O) groups excluding carboxylic acids is 6. The van der Waals surface area contributed by atoms with Crippen LogP contribution in [0.1, 0.15) is 62.1 Å². The van der Waals surface area contributed by atoms with E-state index in [2.05, 4.69) is 4.74 Å². The first-order valence-corrected chi connectivity index (χ1v) is 15.3. The molecule has 246 valence electrons. The first kappa shape index (κ1) is 36.5. The Balaban J connectivity index is 0.000000172. The quantitative estimate of drug-likeness (QED) is 0.101. The van der Waals surface area contributed by atoms with Gasteiger partial charge in [-0.1, -0.05) is 70.7 Å². The molecule has 0 unspecified atom stereocenters. The van der Waals surface area contributed by atoms with Gasteiger partial charge in [-0.2, -0.15) is 0 Å². The molecule has 5 aromatic rings. The second-order valence-corrected chi connectivity index (χ2v) is 11.4. The Hall–Kier alpha value is -5.32. The van der Waals surface area contributed by atoms with Crippen molar-refractivity contribution < 1.29 is 43.0 Å². The van der Waals surface area contributed by atoms with E-state index in [4.69, 9.17) is 55.9 Å². The summed E-state index contributed by atoms with van der Waals surface area (Å²) in [5.41, 5.74) is 1.65. The average Bonchev–Trinajstić information content (AvgIpc) is 3.38. The Morgan fingerprint density at radius 3 is 1.10 bits per heavy atom. The van der Waals surface area contributed by atoms with Crippen LogP contribution in [-0.4, -0.2) is 35.8 Å². The Morgan fingerprint density at radius 1 is 0.408 bits per heavy atom. The Bertz CT molecular complexity index is 1900. The zero-order chi connectivity index (χ0) is 35.5. The van der Waals surface area contributed by atoms with Crippen LogP contribution >= 0.6 is 46.4 Å². The molecule has 6 rings (SSSR count). The molecule has 49 heavy (non-hydrogen) atoms. The lowest BCUT2D eigenvalue weighted by molar-refractivity contribution is 0.0380. The summed E-state index contributed by atoms with van der Waals surface area (Å²) < 4.78 is 13.8. The van der Waals surface area contributed by atoms with E-state index in [1.807, 2.05) is 0 Å². The fourth-order valence-corrected chi connectivity index (χ4v) is 4.47. The molecule has 1 aliphatic rings. The minimum atomic E-state index is -0.757. The number of halogens is 4. The highest BCUT2D eigenvalue weighted by Gasteiger charge is 2.28. The van der Waals surface area contributed by atoms with Crippen molar-refractivity contribution >= 4 is 82.2 Å². The van der Waals surface area contributed by atoms with Crippen LogP contribution in [0.25, 0.3) is 0 Å². The third-order valence-electron chi connectivity index (χ3n) is 6.20. The molecule has 0 atom stereocenters. The van der Waals surface area contributed by atoms with Gasteiger partial charge >= 0.3 is 35.8 Å². The molecule has 1 heterocycles. The number of ether oxygens (including phenoxy) is 3. The van der Waals surface area contributed by atoms with Crippen LogP contribution in [0.15, 0.2) is 121 Å². The molecular formula is C36H20Cl4O9. The molecule has 0 radical (unpaired) electrons. The summed E-state index contributed by atoms with van der Waals surface area (Å²) in [6.07, 6.45) is 0. The van der Waals surface area contributed by atoms with Gasteiger partial charge in [0, 0.05) is 20.1 Å². The van der Waals surface area contributed by atoms with Crippen LogP contribution in [0.4, 0.5) is 0 Å². The number of rotatable bonds is 4. The zero-order valence-corrected chi connectivity index (χ0v) is 27.8. The maximum Gasteiger partial charge on any atom is 0.346 e. The molecule has 0 saturated carbocycles. The van der Waals surface area contributed by atoms with Gasteiger partial charge < -0.3 is 14.2 Å². The summed E-state index contributed by atoms with van der Waals surface area (Å²) in [4.78, 5) is 68.5. The monoisotopic (exact) mass is 736 g/mol. The second-order valence-electron chi connectivity index (χ2n) is 9.61. The van der Waals surface area contributed by atoms with Crippen molar-refractivity contribution in [1.29, 1.82) is 0 Å². The highest BCUT2D eigenvalue weighted by molar-refractivity contribution is 6.32. The molecule has 9 nitrogen and oxygen atoms in total. The highest BCUT2D eigenvalue weighted by atomic mass is 35.5. The molecule has 0 amide bonds. The van der Waals surface area contributed by atoms with Crippen LogP contribution in [0.3, 0.4) is 0 Å². The first-order chi connectivity index (χ1) is 23.4. The van der Waals surface area contributed by atoms with E-state index in [-0.39, 0.29) is 22.3 Å². The molecule has 13 heteroatoms. The van der Waals surface area contributed by atoms with Gasteiger partial charge in [0.05, 0.1) is 33.4 Å². The van der Waals surface area contributed by atoms with E-state index in [1.165, 1.54) is 48.5 Å². The number of hydrogen-bond acceptors (Lipinski definition) is 9. The van der Waals surface area contributed by atoms with E-state index in [0.717, 1.165) is 0 Å². The predicted molar refractivity (Wildman–Crippen MR) is 181 cm³/mol. The van der Waals surface area contributed by atoms with E-state index in [0.29, 0.717) is 31.2 Å². The second kappa shape index (κ2) is 17.2. The lowest BCUT2D eigenvalue weighted by Gasteiger charge is -2.03. The summed E-state index contributed by atoms with van der Waals surface area (Å²) in [7, 11) is 0. The van der Waals surface area contributed by atoms with E-state index >= 15 is 0 Å². The first-order valence-electron chi connectivity index (χ1n) is 13.8. The summed E-state index contributed by atoms with van der Waals surface area (Å²) in [5, 5.41) is 1.79. The SMILES string of the molecule is O=C(OC(=O)c1ccc(Cl)cc1)c1ccc(Cl)cc1.O=C(OC(=O)c1cccc(Cl)c1)c1cccc(Cl)c1.O=C1OC(=O)c2ccccc21. The van der Waals surface area contributed by atoms with Crippen molar-refractivity contribution in [2.75, 3.05) is 0 Å². The molecule has 0 aliphatic carbocycles. The molecule has 5 aromatic carbocycles. The van der Waals surface area contributed by atoms with Gasteiger partial charge in [-0.15, -0.1) is 0 Å². The number of fused-ring (bicyclic) bond motifs is 1. The predicted octanol–water partition coefficient (Wildman–Crippen LogP) is 8.98. The van der Waals surface area contributed by atoms with Crippen molar-refractivity contribution in [2.45, 2.75) is 0 Å². The van der Waals surface area contributed by atoms with Gasteiger partial charge in [0.25, 0.3) is 0 Å². The molecule has 1 aliphatic heterocycles. The topological polar surface area (TPSA) is 130 Å². The van der Waals surface area contributed by atoms with Gasteiger partial charge in [0.1, 0.15) is 0 Å². The fourth-order valence-electron chi connectivity index (χ4n) is 3.84. The molecule has 0 aromatic heterocycles. The Labute approximate surface area is 298 Å². The number of esters is 6. The maximum absolute atomic E-state index is 11.7. The molecule has 0 fully saturated rings. The summed E-state index contributed by atoms with van der Waals surface area (Å²) >= 11 is 22.9. The molecule has 0 N–H and O–H groups in total. The smallest absolute Gasteiger partial charge is 0.346 e. The normalized spacial score (nSPS) is 11.0. The minimum absolute atomic E-state index is 0.211. The number of hydrogen-bond donors (Lipinski definition) is 0. The van der Waals surface area contributed by atoms with E-state index in [9.17, 15) is 28.8 Å². The minimum Gasteiger partial charge on any atom is -0.386 e. The summed E-state index contributed by atoms with van der Waals surface area (Å²) in [6.45, 7) is 0. The van der Waals surface area contributed by atoms with E-state index < -0.39 is 35.8 Å². The van der Waals surface area contributed by atoms with E-state index in [1.54, 1.807) is 72.8 Å². The van der Waals surface area contributed by atoms with Gasteiger partial charge in [-0.3, -0.25) is 0 Å². The molecular weight excluding hydrogens is 718 g/mol. The summed E-state index contributed by atoms with van der Waals surface area (Å²) in [6, 6.07) is 31.0. The van der Waals surface area contributed by atoms with Gasteiger partial charge in [-0.05, 0) is 97.1 Å². The lowest BCUT2D eigenvalue weighted by atomic mass is 10.1. The largest absolute Gasteiger partial charge is 0.386 e. The molecule has 0 saturated heterocycles. The molecule has 0 bridgehead atoms. The summed E-state index contributed by atoms with van der Waals surface area (Å²) in [5.74, 6) is -4.07. The standard InChI is InChI=1S/2C14H8Cl2O3.C8H4O3/c15-11-5-1-9(2-6-11)13(17)19-14(18)10-3-7-12(16)8-4-10;15-11-5-1-3-9(7-11)13(17)19-14(18)10-4-2-6-12(16)8-10;9-7-5-3-1-2-4-6(5)8(10)11-7/h2*1-8H;1-4H. The van der Waals surface area contributed by atoms with Crippen LogP contribution in [-0.2, 0) is 14.2 Å². The van der Waals surface area contributed by atoms with Crippen LogP contribution in [0, 0.1) is 0 Å². The Morgan fingerprint density at radius 2 is 0.755 bits per heavy atom. The highest BCUT2D eigenvalue weighted by Crippen LogP contribution is 2.19. The zero-order valence-electron chi connectivity index (χ0n) is 24.7. The van der Waals surface area contributed by atoms with Gasteiger partial charge in [0.2, 0.25) is 0 Å². The third kappa shape index (κ3) is 10.6. The average molecular weight is 738 g/mol. The maximum atomic E-state index is 11.7. The number of cyclic esters (lactones) is 2. The van der Waals surface area contributed by atoms with Crippen molar-refractivity contribution in [3.63, 3.8) is 0 Å². The van der Waals surface area contributed by atoms with Crippen molar-refractivity contribution in [1.82, 2.24) is 0 Å². The number of benzene rings is 5. The third-order valence-corrected chi connectivity index (χ3v) is 7.18. The number of carbonyl (C=O) groups is 6. The molecule has 0 spiro atoms. The van der Waals surface area contributed by atoms with Crippen molar-refractivity contribution in [2.24, 2.45) is 0 Å². The Kier molecular flexibility index (Phi) is 12.8. The van der Waals surface area contributed by atoms with Crippen LogP contribution in [0.5, 0.6) is 0 Å². The van der Waals surface area contributed by atoms with Crippen LogP contribution < -0.4 is 0 Å². The van der Waals surface area contributed by atoms with Crippen LogP contribution in [0.2, 0.25) is 20.1 Å². The van der Waals surface area contributed by atoms with Gasteiger partial charge in [-0.25, -0.2) is 28.8 Å². The van der Waals surface area contributed by atoms with Gasteiger partial charge in [0.15, 0.2) is 0 Å². The van der Waals surface area contributed by atoms with Crippen molar-refractivity contribution in [3.8, 4) is 0 Å². The fraction of sp³-hybridized carbons (Fsp3) is 0.